The van der Waals surface area contributed by atoms with Gasteiger partial charge in [0.15, 0.2) is 5.97 Å². The number of amides is 1. The van der Waals surface area contributed by atoms with E-state index in [9.17, 15) is 14.7 Å². The number of carboxylic acid groups (broad SMARTS) is 1. The molecule has 2 bridgehead atoms. The Kier molecular flexibility index (Phi) is 4.50. The van der Waals surface area contributed by atoms with Gasteiger partial charge in [0.25, 0.3) is 5.91 Å². The Hall–Kier alpha value is -2.87. The van der Waals surface area contributed by atoms with Gasteiger partial charge in [0, 0.05) is 79.1 Å². The Morgan fingerprint density at radius 3 is 2.38 bits per heavy atom. The summed E-state index contributed by atoms with van der Waals surface area (Å²) in [5.74, 6) is -0.571. The third kappa shape index (κ3) is 2.55. The molecular formula is C29H24N3O4Y-. The molecule has 37 heavy (non-hydrogen) atoms. The Labute approximate surface area is 237 Å². The average molecular weight is 567 g/mol. The van der Waals surface area contributed by atoms with Gasteiger partial charge in [-0.2, -0.15) is 0 Å². The minimum Gasteiger partial charge on any atom is -0.503 e. The summed E-state index contributed by atoms with van der Waals surface area (Å²) in [6.45, 7) is 6.51. The normalized spacial score (nSPS) is 22.1. The topological polar surface area (TPSA) is 76.7 Å². The minimum absolute atomic E-state index is 0. The Morgan fingerprint density at radius 2 is 1.70 bits per heavy atom. The van der Waals surface area contributed by atoms with E-state index in [1.807, 2.05) is 14.0 Å². The van der Waals surface area contributed by atoms with Crippen LogP contribution in [0.3, 0.4) is 0 Å². The van der Waals surface area contributed by atoms with Gasteiger partial charge in [0.05, 0.1) is 22.1 Å². The summed E-state index contributed by atoms with van der Waals surface area (Å²) in [5.41, 5.74) is 6.63. The molecule has 8 rings (SSSR count). The van der Waals surface area contributed by atoms with Crippen LogP contribution in [0.2, 0.25) is 0 Å². The van der Waals surface area contributed by atoms with Gasteiger partial charge in [-0.3, -0.25) is 9.59 Å². The summed E-state index contributed by atoms with van der Waals surface area (Å²) < 4.78 is 11.0. The zero-order valence-corrected chi connectivity index (χ0v) is 23.9. The second-order valence-electron chi connectivity index (χ2n) is 10.8. The number of aryl methyl sites for hydroxylation is 2. The van der Waals surface area contributed by atoms with E-state index < -0.39 is 17.9 Å². The number of fused-ring (bicyclic) bond motifs is 13. The molecule has 7 nitrogen and oxygen atoms in total. The molecule has 3 aliphatic rings. The first-order chi connectivity index (χ1) is 17.2. The standard InChI is InChI=1S/C29H24N3O4.Y/c1-13-5-7-19-15(9-13)23-24-17(12-30(4)27(24)33)22-16-10-14(2)6-8-20(16)32-26(22)25(23)31(19)21-11-18(28(34)35)29(32,3)36-21;/h5-10,21H,11-12H2,1-4H3,(H,34,35);/q-1;. The first-order valence-electron chi connectivity index (χ1n) is 12.3. The summed E-state index contributed by atoms with van der Waals surface area (Å²) in [6, 6.07) is 12.6. The van der Waals surface area contributed by atoms with Crippen LogP contribution in [-0.4, -0.2) is 38.1 Å². The van der Waals surface area contributed by atoms with Crippen molar-refractivity contribution in [1.29, 1.82) is 0 Å². The van der Waals surface area contributed by atoms with E-state index in [0.717, 1.165) is 65.9 Å². The van der Waals surface area contributed by atoms with Gasteiger partial charge in [-0.25, -0.2) is 5.92 Å². The van der Waals surface area contributed by atoms with Crippen molar-refractivity contribution in [3.8, 4) is 0 Å². The van der Waals surface area contributed by atoms with Gasteiger partial charge in [-0.15, -0.1) is 6.42 Å². The van der Waals surface area contributed by atoms with Gasteiger partial charge < -0.3 is 23.9 Å². The van der Waals surface area contributed by atoms with Crippen LogP contribution in [0.4, 0.5) is 0 Å². The van der Waals surface area contributed by atoms with E-state index in [1.54, 1.807) is 4.90 Å². The zero-order valence-electron chi connectivity index (χ0n) is 21.0. The molecule has 0 saturated carbocycles. The predicted molar refractivity (Wildman–Crippen MR) is 137 cm³/mol. The van der Waals surface area contributed by atoms with Crippen molar-refractivity contribution in [3.05, 3.63) is 64.6 Å². The SMILES string of the molecule is Cc1ccc2c(c1)c1c3c(c4c5cc(C)ccc5n5c4c1n2C1C[C-](C(=O)O)C5(C)O1)CN(C)C3=O.[Y]. The fourth-order valence-electron chi connectivity index (χ4n) is 7.12. The molecule has 8 heteroatoms. The van der Waals surface area contributed by atoms with E-state index in [1.165, 1.54) is 0 Å². The van der Waals surface area contributed by atoms with Crippen LogP contribution >= 0.6 is 0 Å². The molecule has 2 unspecified atom stereocenters. The second-order valence-corrected chi connectivity index (χ2v) is 10.8. The smallest absolute Gasteiger partial charge is 0.254 e. The third-order valence-corrected chi connectivity index (χ3v) is 8.59. The van der Waals surface area contributed by atoms with Crippen molar-refractivity contribution in [2.45, 2.75) is 45.7 Å². The maximum atomic E-state index is 13.7. The molecule has 2 aromatic heterocycles. The van der Waals surface area contributed by atoms with Gasteiger partial charge in [0.1, 0.15) is 6.23 Å². The van der Waals surface area contributed by atoms with Crippen molar-refractivity contribution in [1.82, 2.24) is 14.0 Å². The molecule has 1 N–H and O–H groups in total. The molecule has 3 aliphatic heterocycles. The summed E-state index contributed by atoms with van der Waals surface area (Å²) in [6.07, 6.45) is -0.213. The van der Waals surface area contributed by atoms with Crippen LogP contribution in [0.5, 0.6) is 0 Å². The van der Waals surface area contributed by atoms with E-state index >= 15 is 0 Å². The average Bonchev–Trinajstić information content (AvgIpc) is 3.50. The zero-order chi connectivity index (χ0) is 24.8. The molecule has 183 valence electrons. The largest absolute Gasteiger partial charge is 0.503 e. The fourth-order valence-corrected chi connectivity index (χ4v) is 7.12. The summed E-state index contributed by atoms with van der Waals surface area (Å²) >= 11 is 0. The van der Waals surface area contributed by atoms with Gasteiger partial charge in [0.2, 0.25) is 0 Å². The number of carbonyl (C=O) groups is 2. The third-order valence-electron chi connectivity index (χ3n) is 8.59. The van der Waals surface area contributed by atoms with E-state index in [4.69, 9.17) is 4.74 Å². The molecule has 2 atom stereocenters. The summed E-state index contributed by atoms with van der Waals surface area (Å²) in [7, 11) is 1.85. The first kappa shape index (κ1) is 23.3. The van der Waals surface area contributed by atoms with E-state index in [0.29, 0.717) is 12.5 Å². The van der Waals surface area contributed by atoms with Crippen LogP contribution in [-0.2, 0) is 54.5 Å². The maximum absolute atomic E-state index is 13.7. The van der Waals surface area contributed by atoms with Crippen molar-refractivity contribution in [2.24, 2.45) is 0 Å². The number of hydrogen-bond donors (Lipinski definition) is 1. The summed E-state index contributed by atoms with van der Waals surface area (Å²) in [5, 5.41) is 14.3. The fraction of sp³-hybridized carbons (Fsp3) is 0.276. The molecule has 1 radical (unpaired) electrons. The van der Waals surface area contributed by atoms with E-state index in [-0.39, 0.29) is 45.0 Å². The number of nitrogens with zero attached hydrogens (tertiary/aromatic N) is 3. The molecule has 5 aromatic rings. The second kappa shape index (κ2) is 7.16. The number of rotatable bonds is 1. The summed E-state index contributed by atoms with van der Waals surface area (Å²) in [4.78, 5) is 28.0. The van der Waals surface area contributed by atoms with E-state index in [2.05, 4.69) is 59.4 Å². The number of aliphatic carboxylic acids is 1. The monoisotopic (exact) mass is 567 g/mol. The molecule has 1 fully saturated rings. The number of carboxylic acids is 1. The number of benzene rings is 3. The maximum Gasteiger partial charge on any atom is 0.254 e. The number of aromatic nitrogens is 2. The van der Waals surface area contributed by atoms with Crippen molar-refractivity contribution >= 4 is 55.5 Å². The molecular weight excluding hydrogens is 543 g/mol. The van der Waals surface area contributed by atoms with Gasteiger partial charge in [-0.05, 0) is 50.6 Å². The van der Waals surface area contributed by atoms with Gasteiger partial charge in [-0.1, -0.05) is 23.3 Å². The number of carbonyl (C=O) groups excluding carboxylic acids is 1. The van der Waals surface area contributed by atoms with Crippen molar-refractivity contribution in [3.63, 3.8) is 0 Å². The van der Waals surface area contributed by atoms with Crippen LogP contribution in [0, 0.1) is 19.8 Å². The van der Waals surface area contributed by atoms with Crippen LogP contribution in [0.15, 0.2) is 36.4 Å². The molecule has 0 aliphatic carbocycles. The first-order valence-corrected chi connectivity index (χ1v) is 12.3. The van der Waals surface area contributed by atoms with Crippen LogP contribution in [0.25, 0.3) is 43.6 Å². The van der Waals surface area contributed by atoms with Gasteiger partial charge >= 0.3 is 0 Å². The quantitative estimate of drug-likeness (QED) is 0.277. The number of ether oxygens (including phenoxy) is 1. The Balaban J connectivity index is 0.00000231. The minimum atomic E-state index is -1.16. The Morgan fingerprint density at radius 1 is 1.05 bits per heavy atom. The molecule has 3 aromatic carbocycles. The number of hydrogen-bond acceptors (Lipinski definition) is 3. The molecule has 1 saturated heterocycles. The van der Waals surface area contributed by atoms with Crippen LogP contribution < -0.4 is 0 Å². The molecule has 1 amide bonds. The van der Waals surface area contributed by atoms with Crippen molar-refractivity contribution in [2.75, 3.05) is 7.05 Å². The van der Waals surface area contributed by atoms with Crippen LogP contribution in [0.1, 0.15) is 46.6 Å². The molecule has 5 heterocycles. The molecule has 0 spiro atoms. The van der Waals surface area contributed by atoms with Crippen molar-refractivity contribution < 1.29 is 52.1 Å². The predicted octanol–water partition coefficient (Wildman–Crippen LogP) is 5.37. The Bertz CT molecular complexity index is 1900.